The molecule has 2 aromatic rings. The van der Waals surface area contributed by atoms with Crippen molar-refractivity contribution >= 4 is 28.8 Å². The summed E-state index contributed by atoms with van der Waals surface area (Å²) >= 11 is 0. The maximum absolute atomic E-state index is 11.2. The Hall–Kier alpha value is -3.10. The fraction of sp³-hybridized carbons (Fsp3) is 0.0909. The van der Waals surface area contributed by atoms with E-state index < -0.39 is 5.97 Å². The van der Waals surface area contributed by atoms with Crippen molar-refractivity contribution in [3.05, 3.63) is 30.1 Å². The van der Waals surface area contributed by atoms with Crippen LogP contribution in [0.3, 0.4) is 0 Å². The first kappa shape index (κ1) is 12.0. The minimum absolute atomic E-state index is 0.139. The molecule has 9 heteroatoms. The molecular weight excluding hydrogens is 262 g/mol. The lowest BCUT2D eigenvalue weighted by Crippen LogP contribution is -2.21. The van der Waals surface area contributed by atoms with Crippen LogP contribution in [-0.2, 0) is 4.79 Å². The number of carboxylic acids is 1. The second-order valence-electron chi connectivity index (χ2n) is 3.90. The zero-order chi connectivity index (χ0) is 14.1. The van der Waals surface area contributed by atoms with Crippen LogP contribution >= 0.6 is 0 Å². The molecule has 0 aliphatic carbocycles. The van der Waals surface area contributed by atoms with E-state index in [0.29, 0.717) is 5.69 Å². The highest BCUT2D eigenvalue weighted by Crippen LogP contribution is 2.19. The molecule has 9 nitrogen and oxygen atoms in total. The largest absolute Gasteiger partial charge is 0.476 e. The number of aliphatic carboxylic acids is 1. The fourth-order valence-electron chi connectivity index (χ4n) is 1.72. The first-order chi connectivity index (χ1) is 9.69. The van der Waals surface area contributed by atoms with E-state index in [1.165, 1.54) is 0 Å². The number of aliphatic imine (C=N–C) groups is 1. The van der Waals surface area contributed by atoms with Crippen molar-refractivity contribution in [2.24, 2.45) is 10.1 Å². The van der Waals surface area contributed by atoms with Crippen molar-refractivity contribution in [2.45, 2.75) is 0 Å². The summed E-state index contributed by atoms with van der Waals surface area (Å²) in [6.45, 7) is 0. The van der Waals surface area contributed by atoms with Crippen LogP contribution in [-0.4, -0.2) is 49.9 Å². The number of benzene rings is 1. The summed E-state index contributed by atoms with van der Waals surface area (Å²) in [5, 5.41) is 26.6. The van der Waals surface area contributed by atoms with E-state index in [4.69, 9.17) is 5.11 Å². The molecule has 0 saturated heterocycles. The Balaban J connectivity index is 2.04. The highest BCUT2D eigenvalue weighted by molar-refractivity contribution is 6.69. The highest BCUT2D eigenvalue weighted by Gasteiger charge is 2.31. The van der Waals surface area contributed by atoms with Crippen molar-refractivity contribution in [3.63, 3.8) is 0 Å². The zero-order valence-corrected chi connectivity index (χ0v) is 10.3. The van der Waals surface area contributed by atoms with E-state index in [-0.39, 0.29) is 17.2 Å². The van der Waals surface area contributed by atoms with E-state index in [1.807, 2.05) is 12.1 Å². The molecule has 0 unspecified atom stereocenters. The summed E-state index contributed by atoms with van der Waals surface area (Å²) in [5.74, 6) is -0.983. The van der Waals surface area contributed by atoms with Crippen LogP contribution in [0, 0.1) is 0 Å². The molecule has 0 radical (unpaired) electrons. The van der Waals surface area contributed by atoms with Crippen LogP contribution in [0.2, 0.25) is 0 Å². The van der Waals surface area contributed by atoms with E-state index in [1.54, 1.807) is 19.2 Å². The molecule has 100 valence electrons. The minimum Gasteiger partial charge on any atom is -0.476 e. The van der Waals surface area contributed by atoms with Crippen LogP contribution in [0.15, 0.2) is 34.4 Å². The second-order valence-corrected chi connectivity index (χ2v) is 3.90. The second kappa shape index (κ2) is 4.53. The number of tetrazole rings is 1. The van der Waals surface area contributed by atoms with E-state index in [9.17, 15) is 4.79 Å². The Labute approximate surface area is 112 Å². The highest BCUT2D eigenvalue weighted by atomic mass is 16.4. The fourth-order valence-corrected chi connectivity index (χ4v) is 1.72. The molecule has 1 aliphatic heterocycles. The Morgan fingerprint density at radius 2 is 2.10 bits per heavy atom. The Bertz CT molecular complexity index is 729. The van der Waals surface area contributed by atoms with Gasteiger partial charge in [-0.25, -0.2) is 9.79 Å². The average Bonchev–Trinajstić information content (AvgIpc) is 3.02. The van der Waals surface area contributed by atoms with Gasteiger partial charge in [0.15, 0.2) is 5.71 Å². The average molecular weight is 271 g/mol. The number of nitrogens with one attached hydrogen (secondary N) is 1. The number of hydrogen-bond donors (Lipinski definition) is 2. The number of aromatic nitrogens is 4. The molecule has 0 saturated carbocycles. The molecule has 3 rings (SSSR count). The standard InChI is InChI=1S/C11H9N7O2/c1-12-6-2-4-7(5-3-6)13-8-9(11(19)20)15-18-10(8)14-16-17-18/h2-5,12H,1H3,(H,19,20). The van der Waals surface area contributed by atoms with Crippen LogP contribution in [0.4, 0.5) is 11.4 Å². The molecular formula is C11H9N7O2. The van der Waals surface area contributed by atoms with E-state index in [2.05, 4.69) is 30.9 Å². The van der Waals surface area contributed by atoms with Crippen LogP contribution in [0.1, 0.15) is 5.82 Å². The predicted molar refractivity (Wildman–Crippen MR) is 70.5 cm³/mol. The van der Waals surface area contributed by atoms with Crippen molar-refractivity contribution < 1.29 is 9.90 Å². The normalized spacial score (nSPS) is 15.1. The third-order valence-electron chi connectivity index (χ3n) is 2.68. The molecule has 2 heterocycles. The van der Waals surface area contributed by atoms with Crippen molar-refractivity contribution in [2.75, 3.05) is 12.4 Å². The van der Waals surface area contributed by atoms with Crippen molar-refractivity contribution in [1.82, 2.24) is 20.3 Å². The number of hydrogen-bond acceptors (Lipinski definition) is 7. The minimum atomic E-state index is -1.19. The van der Waals surface area contributed by atoms with E-state index >= 15 is 0 Å². The summed E-state index contributed by atoms with van der Waals surface area (Å²) in [5.41, 5.74) is 1.45. The number of rotatable bonds is 3. The molecule has 1 aliphatic rings. The van der Waals surface area contributed by atoms with Gasteiger partial charge < -0.3 is 10.4 Å². The van der Waals surface area contributed by atoms with Crippen LogP contribution < -0.4 is 5.32 Å². The summed E-state index contributed by atoms with van der Waals surface area (Å²) in [6, 6.07) is 7.17. The predicted octanol–water partition coefficient (Wildman–Crippen LogP) is 0.138. The van der Waals surface area contributed by atoms with Gasteiger partial charge in [-0.1, -0.05) is 0 Å². The monoisotopic (exact) mass is 271 g/mol. The Morgan fingerprint density at radius 3 is 2.75 bits per heavy atom. The summed E-state index contributed by atoms with van der Waals surface area (Å²) in [4.78, 5) is 16.5. The number of carbonyl (C=O) groups is 1. The summed E-state index contributed by atoms with van der Waals surface area (Å²) < 4.78 is 0. The topological polar surface area (TPSA) is 118 Å². The maximum atomic E-state index is 11.2. The molecule has 0 atom stereocenters. The van der Waals surface area contributed by atoms with Gasteiger partial charge in [0.25, 0.3) is 0 Å². The molecule has 0 fully saturated rings. The van der Waals surface area contributed by atoms with Gasteiger partial charge in [0.05, 0.1) is 5.69 Å². The van der Waals surface area contributed by atoms with E-state index in [0.717, 1.165) is 10.5 Å². The lowest BCUT2D eigenvalue weighted by molar-refractivity contribution is -0.129. The van der Waals surface area contributed by atoms with Gasteiger partial charge in [0.2, 0.25) is 5.82 Å². The van der Waals surface area contributed by atoms with Crippen molar-refractivity contribution in [1.29, 1.82) is 0 Å². The van der Waals surface area contributed by atoms with Crippen molar-refractivity contribution in [3.8, 4) is 0 Å². The zero-order valence-electron chi connectivity index (χ0n) is 10.3. The number of nitrogens with zero attached hydrogens (tertiary/aromatic N) is 6. The van der Waals surface area contributed by atoms with Gasteiger partial charge in [-0.05, 0) is 34.7 Å². The smallest absolute Gasteiger partial charge is 0.358 e. The van der Waals surface area contributed by atoms with Gasteiger partial charge in [0, 0.05) is 12.7 Å². The first-order valence-electron chi connectivity index (χ1n) is 5.67. The number of fused-ring (bicyclic) bond motifs is 1. The third kappa shape index (κ3) is 1.90. The Kier molecular flexibility index (Phi) is 2.71. The number of anilines is 1. The first-order valence-corrected chi connectivity index (χ1v) is 5.67. The van der Waals surface area contributed by atoms with Crippen LogP contribution in [0.5, 0.6) is 0 Å². The van der Waals surface area contributed by atoms with Gasteiger partial charge in [-0.2, -0.15) is 0 Å². The Morgan fingerprint density at radius 1 is 1.35 bits per heavy atom. The third-order valence-corrected chi connectivity index (χ3v) is 2.68. The summed E-state index contributed by atoms with van der Waals surface area (Å²) in [7, 11) is 1.81. The van der Waals surface area contributed by atoms with Gasteiger partial charge in [0.1, 0.15) is 5.71 Å². The SMILES string of the molecule is CNc1ccc(N=C2C(C(=O)O)=Nn3nnnc32)cc1. The molecule has 1 aromatic carbocycles. The summed E-state index contributed by atoms with van der Waals surface area (Å²) in [6.07, 6.45) is 0. The van der Waals surface area contributed by atoms with Gasteiger partial charge in [-0.3, -0.25) is 0 Å². The number of carboxylic acid groups (broad SMARTS) is 1. The molecule has 20 heavy (non-hydrogen) atoms. The lowest BCUT2D eigenvalue weighted by Gasteiger charge is -2.00. The van der Waals surface area contributed by atoms with Crippen LogP contribution in [0.25, 0.3) is 0 Å². The molecule has 0 spiro atoms. The molecule has 0 bridgehead atoms. The lowest BCUT2D eigenvalue weighted by atomic mass is 10.2. The maximum Gasteiger partial charge on any atom is 0.358 e. The quantitative estimate of drug-likeness (QED) is 0.819. The van der Waals surface area contributed by atoms with Gasteiger partial charge in [-0.15, -0.1) is 15.0 Å². The van der Waals surface area contributed by atoms with Gasteiger partial charge >= 0.3 is 5.97 Å². The molecule has 0 amide bonds. The molecule has 1 aromatic heterocycles. The molecule has 2 N–H and O–H groups in total.